The van der Waals surface area contributed by atoms with Gasteiger partial charge < -0.3 is 15.2 Å². The maximum atomic E-state index is 13.0. The molecule has 4 rings (SSSR count). The number of benzene rings is 2. The summed E-state index contributed by atoms with van der Waals surface area (Å²) in [5, 5.41) is 17.0. The molecule has 0 fully saturated rings. The minimum absolute atomic E-state index is 0.0778. The fourth-order valence-corrected chi connectivity index (χ4v) is 6.58. The van der Waals surface area contributed by atoms with Gasteiger partial charge in [-0.2, -0.15) is 5.10 Å². The Labute approximate surface area is 224 Å². The van der Waals surface area contributed by atoms with Crippen LogP contribution in [0.4, 0.5) is 10.6 Å². The van der Waals surface area contributed by atoms with Crippen LogP contribution in [0.15, 0.2) is 58.8 Å². The maximum absolute atomic E-state index is 13.0. The molecule has 2 heterocycles. The highest BCUT2D eigenvalue weighted by atomic mass is 35.5. The van der Waals surface area contributed by atoms with Crippen molar-refractivity contribution >= 4 is 55.8 Å². The lowest BCUT2D eigenvalue weighted by atomic mass is 9.82. The molecule has 0 aliphatic rings. The lowest BCUT2D eigenvalue weighted by molar-refractivity contribution is 0.175. The Hall–Kier alpha value is -3.28. The van der Waals surface area contributed by atoms with Gasteiger partial charge in [-0.1, -0.05) is 62.7 Å². The number of ether oxygens (including phenoxy) is 1. The Morgan fingerprint density at radius 3 is 2.43 bits per heavy atom. The SMILES string of the molecule is COc1cccc2c1c(NS(=O)(=O)c1ccc(Cl)s1)nn2Cc1ccc(C(NC(=O)O)C(C)(C)C)cc1. The quantitative estimate of drug-likeness (QED) is 0.243. The molecule has 0 saturated carbocycles. The van der Waals surface area contributed by atoms with E-state index in [4.69, 9.17) is 16.3 Å². The number of hydrogen-bond acceptors (Lipinski definition) is 6. The predicted molar refractivity (Wildman–Crippen MR) is 145 cm³/mol. The lowest BCUT2D eigenvalue weighted by Gasteiger charge is -2.31. The average molecular weight is 563 g/mol. The van der Waals surface area contributed by atoms with Gasteiger partial charge in [0.2, 0.25) is 0 Å². The molecule has 9 nitrogen and oxygen atoms in total. The number of fused-ring (bicyclic) bond motifs is 1. The number of halogens is 1. The van der Waals surface area contributed by atoms with Crippen molar-refractivity contribution in [1.29, 1.82) is 0 Å². The first-order valence-electron chi connectivity index (χ1n) is 11.3. The number of methoxy groups -OCH3 is 1. The Kier molecular flexibility index (Phi) is 7.40. The first-order chi connectivity index (χ1) is 17.4. The van der Waals surface area contributed by atoms with Crippen molar-refractivity contribution in [3.8, 4) is 5.75 Å². The van der Waals surface area contributed by atoms with E-state index in [1.165, 1.54) is 19.2 Å². The summed E-state index contributed by atoms with van der Waals surface area (Å²) in [6.45, 7) is 6.26. The summed E-state index contributed by atoms with van der Waals surface area (Å²) in [6, 6.07) is 15.6. The maximum Gasteiger partial charge on any atom is 0.405 e. The number of anilines is 1. The van der Waals surface area contributed by atoms with Crippen LogP contribution in [0.2, 0.25) is 4.34 Å². The van der Waals surface area contributed by atoms with Crippen molar-refractivity contribution in [1.82, 2.24) is 15.1 Å². The second kappa shape index (κ2) is 10.2. The van der Waals surface area contributed by atoms with Crippen LogP contribution in [0.25, 0.3) is 10.9 Å². The number of hydrogen-bond donors (Lipinski definition) is 3. The number of amides is 1. The van der Waals surface area contributed by atoms with Gasteiger partial charge in [0, 0.05) is 0 Å². The van der Waals surface area contributed by atoms with E-state index >= 15 is 0 Å². The molecule has 3 N–H and O–H groups in total. The van der Waals surface area contributed by atoms with Gasteiger partial charge in [-0.3, -0.25) is 9.40 Å². The molecular weight excluding hydrogens is 536 g/mol. The smallest absolute Gasteiger partial charge is 0.405 e. The van der Waals surface area contributed by atoms with E-state index in [1.54, 1.807) is 10.7 Å². The van der Waals surface area contributed by atoms with Gasteiger partial charge in [-0.15, -0.1) is 11.3 Å². The molecule has 196 valence electrons. The number of sulfonamides is 1. The monoisotopic (exact) mass is 562 g/mol. The summed E-state index contributed by atoms with van der Waals surface area (Å²) in [5.74, 6) is 0.626. The summed E-state index contributed by atoms with van der Waals surface area (Å²) in [6.07, 6.45) is -1.08. The third kappa shape index (κ3) is 5.84. The molecule has 2 aromatic carbocycles. The van der Waals surface area contributed by atoms with Crippen LogP contribution in [-0.2, 0) is 16.6 Å². The molecule has 12 heteroatoms. The summed E-state index contributed by atoms with van der Waals surface area (Å²) in [5.41, 5.74) is 2.10. The van der Waals surface area contributed by atoms with Crippen LogP contribution in [0, 0.1) is 5.41 Å². The average Bonchev–Trinajstić information content (AvgIpc) is 3.41. The van der Waals surface area contributed by atoms with E-state index in [9.17, 15) is 18.3 Å². The third-order valence-electron chi connectivity index (χ3n) is 5.78. The molecule has 1 unspecified atom stereocenters. The van der Waals surface area contributed by atoms with Gasteiger partial charge in [0.25, 0.3) is 10.0 Å². The molecule has 0 radical (unpaired) electrons. The number of aromatic nitrogens is 2. The van der Waals surface area contributed by atoms with E-state index in [0.717, 1.165) is 22.5 Å². The van der Waals surface area contributed by atoms with Crippen LogP contribution in [0.5, 0.6) is 5.75 Å². The zero-order valence-corrected chi connectivity index (χ0v) is 23.0. The second-order valence-electron chi connectivity index (χ2n) is 9.51. The van der Waals surface area contributed by atoms with Crippen molar-refractivity contribution in [3.05, 3.63) is 70.1 Å². The third-order valence-corrected chi connectivity index (χ3v) is 8.85. The van der Waals surface area contributed by atoms with Crippen molar-refractivity contribution in [2.75, 3.05) is 11.8 Å². The molecule has 0 aliphatic carbocycles. The van der Waals surface area contributed by atoms with Gasteiger partial charge in [0.15, 0.2) is 5.82 Å². The first-order valence-corrected chi connectivity index (χ1v) is 14.0. The highest BCUT2D eigenvalue weighted by Gasteiger charge is 2.28. The summed E-state index contributed by atoms with van der Waals surface area (Å²) < 4.78 is 36.2. The van der Waals surface area contributed by atoms with Gasteiger partial charge in [-0.05, 0) is 40.8 Å². The Morgan fingerprint density at radius 2 is 1.86 bits per heavy atom. The fourth-order valence-electron chi connectivity index (χ4n) is 4.09. The number of nitrogens with one attached hydrogen (secondary N) is 2. The van der Waals surface area contributed by atoms with Crippen LogP contribution < -0.4 is 14.8 Å². The minimum atomic E-state index is -3.91. The minimum Gasteiger partial charge on any atom is -0.496 e. The van der Waals surface area contributed by atoms with E-state index < -0.39 is 16.1 Å². The zero-order valence-electron chi connectivity index (χ0n) is 20.6. The zero-order chi connectivity index (χ0) is 27.0. The number of carbonyl (C=O) groups is 1. The summed E-state index contributed by atoms with van der Waals surface area (Å²) in [4.78, 5) is 11.3. The second-order valence-corrected chi connectivity index (χ2v) is 13.1. The Balaban J connectivity index is 1.69. The molecule has 1 amide bonds. The molecule has 0 aliphatic heterocycles. The molecule has 1 atom stereocenters. The van der Waals surface area contributed by atoms with Crippen molar-refractivity contribution in [3.63, 3.8) is 0 Å². The molecule has 2 aromatic heterocycles. The number of thiophene rings is 1. The molecule has 4 aromatic rings. The fraction of sp³-hybridized carbons (Fsp3) is 0.280. The van der Waals surface area contributed by atoms with Crippen LogP contribution in [0.1, 0.15) is 37.9 Å². The lowest BCUT2D eigenvalue weighted by Crippen LogP contribution is -2.35. The summed E-state index contributed by atoms with van der Waals surface area (Å²) >= 11 is 6.90. The Morgan fingerprint density at radius 1 is 1.16 bits per heavy atom. The van der Waals surface area contributed by atoms with E-state index in [-0.39, 0.29) is 21.5 Å². The predicted octanol–water partition coefficient (Wildman–Crippen LogP) is 5.96. The molecule has 0 spiro atoms. The highest BCUT2D eigenvalue weighted by Crippen LogP contribution is 2.36. The van der Waals surface area contributed by atoms with Gasteiger partial charge in [0.05, 0.1) is 34.9 Å². The number of rotatable bonds is 8. The summed E-state index contributed by atoms with van der Waals surface area (Å²) in [7, 11) is -2.40. The normalized spacial score (nSPS) is 12.9. The molecule has 37 heavy (non-hydrogen) atoms. The van der Waals surface area contributed by atoms with E-state index in [2.05, 4.69) is 15.1 Å². The molecular formula is C25H27ClN4O5S2. The van der Waals surface area contributed by atoms with Gasteiger partial charge in [0.1, 0.15) is 9.96 Å². The van der Waals surface area contributed by atoms with Crippen LogP contribution >= 0.6 is 22.9 Å². The van der Waals surface area contributed by atoms with Crippen molar-refractivity contribution in [2.45, 2.75) is 37.6 Å². The van der Waals surface area contributed by atoms with E-state index in [1.807, 2.05) is 57.2 Å². The Bertz CT molecular complexity index is 1540. The molecule has 0 bridgehead atoms. The van der Waals surface area contributed by atoms with Gasteiger partial charge in [-0.25, -0.2) is 13.2 Å². The topological polar surface area (TPSA) is 123 Å². The molecule has 0 saturated heterocycles. The number of nitrogens with zero attached hydrogens (tertiary/aromatic N) is 2. The van der Waals surface area contributed by atoms with Crippen LogP contribution in [0.3, 0.4) is 0 Å². The highest BCUT2D eigenvalue weighted by molar-refractivity contribution is 7.94. The largest absolute Gasteiger partial charge is 0.496 e. The van der Waals surface area contributed by atoms with E-state index in [0.29, 0.717) is 27.5 Å². The standard InChI is InChI=1S/C25H27ClN4O5S2/c1-25(2,3)22(27-24(31)32)16-10-8-15(9-11-16)14-30-17-6-5-7-18(35-4)21(17)23(28-30)29-37(33,34)20-13-12-19(26)36-20/h5-13,22,27H,14H2,1-4H3,(H,28,29)(H,31,32). The van der Waals surface area contributed by atoms with Crippen LogP contribution in [-0.4, -0.2) is 36.5 Å². The van der Waals surface area contributed by atoms with Gasteiger partial charge >= 0.3 is 6.09 Å². The first kappa shape index (κ1) is 26.8. The number of carboxylic acid groups (broad SMARTS) is 1. The van der Waals surface area contributed by atoms with Crippen molar-refractivity contribution < 1.29 is 23.1 Å². The van der Waals surface area contributed by atoms with Crippen molar-refractivity contribution in [2.24, 2.45) is 5.41 Å².